The number of aromatic nitrogens is 4. The number of nitrogens with zero attached hydrogens (tertiary/aromatic N) is 5. The van der Waals surface area contributed by atoms with Crippen molar-refractivity contribution in [3.8, 4) is 11.8 Å². The topological polar surface area (TPSA) is 202 Å². The first-order chi connectivity index (χ1) is 26.2. The van der Waals surface area contributed by atoms with E-state index < -0.39 is 37.3 Å². The molecule has 54 heavy (non-hydrogen) atoms. The number of nitrogens with two attached hydrogens (primary N) is 1. The number of hydrogen-bond acceptors (Lipinski definition) is 12. The van der Waals surface area contributed by atoms with Gasteiger partial charge in [-0.15, -0.1) is 0 Å². The Bertz CT molecular complexity index is 2170. The predicted octanol–water partition coefficient (Wildman–Crippen LogP) is 6.52. The number of nitrogens with one attached hydrogen (secondary N) is 2. The highest BCUT2D eigenvalue weighted by molar-refractivity contribution is 7.52. The van der Waals surface area contributed by atoms with Gasteiger partial charge in [0.25, 0.3) is 0 Å². The highest BCUT2D eigenvalue weighted by Crippen LogP contribution is 2.62. The van der Waals surface area contributed by atoms with Crippen molar-refractivity contribution in [2.45, 2.75) is 87.3 Å². The van der Waals surface area contributed by atoms with Gasteiger partial charge in [0.05, 0.1) is 11.2 Å². The zero-order valence-corrected chi connectivity index (χ0v) is 31.3. The highest BCUT2D eigenvalue weighted by atomic mass is 35.5. The Hall–Kier alpha value is -4.32. The van der Waals surface area contributed by atoms with Crippen LogP contribution in [0.4, 0.5) is 11.5 Å². The quantitative estimate of drug-likeness (QED) is 0.0476. The Morgan fingerprint density at radius 2 is 1.72 bits per heavy atom. The summed E-state index contributed by atoms with van der Waals surface area (Å²) in [5.41, 5.74) is 4.99. The lowest BCUT2D eigenvalue weighted by Gasteiger charge is -2.24. The molecule has 14 nitrogen and oxygen atoms in total. The molecule has 0 amide bonds. The van der Waals surface area contributed by atoms with Gasteiger partial charge in [0.2, 0.25) is 5.60 Å². The molecule has 1 aliphatic carbocycles. The normalized spacial score (nSPS) is 24.4. The lowest BCUT2D eigenvalue weighted by Crippen LogP contribution is -2.41. The molecule has 5 aromatic rings. The number of fused-ring (bicyclic) bond motifs is 2. The summed E-state index contributed by atoms with van der Waals surface area (Å²) in [7, 11) is -3.99. The van der Waals surface area contributed by atoms with E-state index >= 15 is 0 Å². The van der Waals surface area contributed by atoms with E-state index in [2.05, 4.69) is 25.5 Å². The Morgan fingerprint density at radius 1 is 0.981 bits per heavy atom. The molecule has 16 heteroatoms. The van der Waals surface area contributed by atoms with E-state index in [4.69, 9.17) is 31.1 Å². The minimum absolute atomic E-state index is 0.0743. The van der Waals surface area contributed by atoms with Crippen molar-refractivity contribution >= 4 is 47.3 Å². The van der Waals surface area contributed by atoms with Gasteiger partial charge in [-0.3, -0.25) is 9.51 Å². The highest BCUT2D eigenvalue weighted by Gasteiger charge is 2.76. The third-order valence-electron chi connectivity index (χ3n) is 10.1. The summed E-state index contributed by atoms with van der Waals surface area (Å²) in [5, 5.41) is 45.3. The third kappa shape index (κ3) is 7.76. The molecule has 4 heterocycles. The maximum Gasteiger partial charge on any atom is 0.459 e. The van der Waals surface area contributed by atoms with E-state index in [1.165, 1.54) is 10.8 Å². The molecular weight excluding hydrogens is 731 g/mol. The monoisotopic (exact) mass is 774 g/mol. The van der Waals surface area contributed by atoms with Gasteiger partial charge in [-0.05, 0) is 61.4 Å². The lowest BCUT2D eigenvalue weighted by atomic mass is 9.92. The van der Waals surface area contributed by atoms with E-state index in [1.807, 2.05) is 36.4 Å². The van der Waals surface area contributed by atoms with Crippen LogP contribution in [0.1, 0.15) is 63.5 Å². The van der Waals surface area contributed by atoms with Gasteiger partial charge in [-0.25, -0.2) is 19.2 Å². The second-order valence-corrected chi connectivity index (χ2v) is 16.0. The predicted molar refractivity (Wildman–Crippen MR) is 205 cm³/mol. The number of nitriles is 1. The Labute approximate surface area is 318 Å². The van der Waals surface area contributed by atoms with Crippen molar-refractivity contribution in [3.05, 3.63) is 90.0 Å². The molecule has 6 N–H and O–H groups in total. The van der Waals surface area contributed by atoms with Gasteiger partial charge in [0.15, 0.2) is 5.82 Å². The van der Waals surface area contributed by atoms with Crippen molar-refractivity contribution in [2.75, 3.05) is 24.1 Å². The summed E-state index contributed by atoms with van der Waals surface area (Å²) in [6, 6.07) is 21.6. The molecule has 2 unspecified atom stereocenters. The minimum atomic E-state index is -3.99. The second kappa shape index (κ2) is 16.2. The first-order valence-electron chi connectivity index (χ1n) is 18.3. The molecule has 0 bridgehead atoms. The van der Waals surface area contributed by atoms with Crippen LogP contribution in [0.2, 0.25) is 5.02 Å². The van der Waals surface area contributed by atoms with Crippen LogP contribution in [-0.4, -0.2) is 66.8 Å². The third-order valence-corrected chi connectivity index (χ3v) is 12.0. The van der Waals surface area contributed by atoms with Gasteiger partial charge < -0.3 is 30.5 Å². The second-order valence-electron chi connectivity index (χ2n) is 13.8. The van der Waals surface area contributed by atoms with Crippen LogP contribution in [0, 0.1) is 11.3 Å². The number of anilines is 2. The number of nitrogen functional groups attached to an aromatic ring is 1. The number of ether oxygens (including phenoxy) is 1. The van der Waals surface area contributed by atoms with E-state index in [0.29, 0.717) is 22.8 Å². The number of unbranched alkanes of at least 4 members (excludes halogenated alkanes) is 7. The lowest BCUT2D eigenvalue weighted by molar-refractivity contribution is -0.0739. The van der Waals surface area contributed by atoms with Crippen LogP contribution >= 0.6 is 19.3 Å². The molecule has 1 aliphatic heterocycles. The van der Waals surface area contributed by atoms with Gasteiger partial charge in [-0.2, -0.15) is 10.4 Å². The zero-order chi connectivity index (χ0) is 37.8. The summed E-state index contributed by atoms with van der Waals surface area (Å²) >= 11 is 6.11. The number of benzene rings is 2. The number of para-hydroxylation sites is 1. The average Bonchev–Trinajstić information content (AvgIpc) is 3.55. The summed E-state index contributed by atoms with van der Waals surface area (Å²) in [6.45, 7) is 1.26. The zero-order valence-electron chi connectivity index (χ0n) is 29.7. The summed E-state index contributed by atoms with van der Waals surface area (Å²) in [5.74, 6) is 0.515. The molecule has 2 aliphatic rings. The first-order valence-corrected chi connectivity index (χ1v) is 20.2. The average molecular weight is 775 g/mol. The first kappa shape index (κ1) is 38.0. The maximum absolute atomic E-state index is 14.2. The molecule has 1 spiro atoms. The van der Waals surface area contributed by atoms with Crippen molar-refractivity contribution < 1.29 is 28.6 Å². The molecule has 0 radical (unpaired) electrons. The number of hydrogen-bond donors (Lipinski definition) is 5. The van der Waals surface area contributed by atoms with Gasteiger partial charge in [0, 0.05) is 41.8 Å². The Morgan fingerprint density at radius 3 is 2.48 bits per heavy atom. The van der Waals surface area contributed by atoms with Crippen molar-refractivity contribution in [2.24, 2.45) is 0 Å². The molecule has 284 valence electrons. The number of pyridine rings is 1. The Balaban J connectivity index is 0.873. The largest absolute Gasteiger partial charge is 0.459 e. The standard InChI is InChI=1S/C38H44ClN8O6P/c39-26-14-15-28-29(18-21-43-30(28)22-26)42-19-10-5-3-1-2-4-6-11-20-46-54(50,51-27-12-8-7-9-13-27)52-33-23-37(33)34(48)35(49)38(24-40,53-37)32-17-16-31-36(41)44-25-45-47(31)32/h7-9,12-18,21-22,25,33-35,48-49H,1-6,10-11,19-20,23H2,(H,42,43)(H,46,50)(H2,41,44,45)/t33-,34+,35-,37?,38+,54?/m1/s1. The molecule has 1 saturated carbocycles. The smallest absolute Gasteiger partial charge is 0.413 e. The van der Waals surface area contributed by atoms with Gasteiger partial charge in [0.1, 0.15) is 47.6 Å². The molecule has 7 rings (SSSR count). The summed E-state index contributed by atoms with van der Waals surface area (Å²) < 4.78 is 33.8. The molecule has 1 saturated heterocycles. The van der Waals surface area contributed by atoms with Crippen LogP contribution in [-0.2, 0) is 19.4 Å². The van der Waals surface area contributed by atoms with E-state index in [-0.39, 0.29) is 17.9 Å². The van der Waals surface area contributed by atoms with Gasteiger partial charge in [-0.1, -0.05) is 68.3 Å². The molecule has 6 atom stereocenters. The summed E-state index contributed by atoms with van der Waals surface area (Å²) in [4.78, 5) is 8.37. The maximum atomic E-state index is 14.2. The van der Waals surface area contributed by atoms with Crippen LogP contribution in [0.25, 0.3) is 16.4 Å². The van der Waals surface area contributed by atoms with Crippen LogP contribution in [0.15, 0.2) is 79.3 Å². The van der Waals surface area contributed by atoms with Crippen LogP contribution in [0.3, 0.4) is 0 Å². The fourth-order valence-electron chi connectivity index (χ4n) is 7.17. The molecule has 3 aromatic heterocycles. The van der Waals surface area contributed by atoms with Gasteiger partial charge >= 0.3 is 7.75 Å². The number of aliphatic hydroxyl groups is 2. The fraction of sp³-hybridized carbons (Fsp3) is 0.421. The van der Waals surface area contributed by atoms with Crippen molar-refractivity contribution in [1.82, 2.24) is 24.7 Å². The number of halogens is 1. The molecule has 2 aromatic carbocycles. The Kier molecular flexibility index (Phi) is 11.4. The molecule has 2 fully saturated rings. The fourth-order valence-corrected chi connectivity index (χ4v) is 8.94. The SMILES string of the molecule is N#C[C@@]1(c2ccc3c(N)ncnn23)OC2(C[C@H]2OP(=O)(NCCCCCCCCCCNc2ccnc3cc(Cl)ccc23)Oc2ccccc2)[C@@H](O)[C@H]1O. The van der Waals surface area contributed by atoms with Crippen molar-refractivity contribution in [1.29, 1.82) is 5.26 Å². The van der Waals surface area contributed by atoms with E-state index in [1.54, 1.807) is 42.6 Å². The number of rotatable bonds is 18. The van der Waals surface area contributed by atoms with E-state index in [0.717, 1.165) is 74.5 Å². The minimum Gasteiger partial charge on any atom is -0.413 e. The van der Waals surface area contributed by atoms with Crippen molar-refractivity contribution in [3.63, 3.8) is 0 Å². The van der Waals surface area contributed by atoms with E-state index in [9.17, 15) is 20.0 Å². The van der Waals surface area contributed by atoms with Crippen LogP contribution in [0.5, 0.6) is 5.75 Å². The number of aliphatic hydroxyl groups excluding tert-OH is 2. The van der Waals surface area contributed by atoms with Crippen LogP contribution < -0.4 is 20.7 Å². The molecular formula is C38H44ClN8O6P. The summed E-state index contributed by atoms with van der Waals surface area (Å²) in [6.07, 6.45) is 7.30.